The van der Waals surface area contributed by atoms with Crippen LogP contribution in [0.25, 0.3) is 11.3 Å². The van der Waals surface area contributed by atoms with E-state index in [0.717, 1.165) is 12.1 Å². The Morgan fingerprint density at radius 3 is 2.28 bits per heavy atom. The smallest absolute Gasteiger partial charge is 0.256 e. The molecule has 0 spiro atoms. The summed E-state index contributed by atoms with van der Waals surface area (Å²) in [5.74, 6) is -1.75. The summed E-state index contributed by atoms with van der Waals surface area (Å²) in [7, 11) is 0. The maximum Gasteiger partial charge on any atom is 0.256 e. The van der Waals surface area contributed by atoms with Crippen LogP contribution in [0.3, 0.4) is 0 Å². The topological polar surface area (TPSA) is 12.5 Å². The Bertz CT molecular complexity index is 963. The maximum atomic E-state index is 15.0. The van der Waals surface area contributed by atoms with Crippen LogP contribution in [-0.2, 0) is 0 Å². The molecule has 2 aromatic rings. The molecule has 0 atom stereocenters. The number of hydrogen-bond acceptors (Lipinski definition) is 2. The first-order valence-corrected chi connectivity index (χ1v) is 9.95. The van der Waals surface area contributed by atoms with E-state index in [0.29, 0.717) is 14.7 Å². The molecule has 2 aromatic carbocycles. The van der Waals surface area contributed by atoms with E-state index in [2.05, 4.69) is 6.58 Å². The fraction of sp³-hybridized carbons (Fsp3) is 0.182. The van der Waals surface area contributed by atoms with Gasteiger partial charge in [0.15, 0.2) is 0 Å². The number of benzene rings is 2. The summed E-state index contributed by atoms with van der Waals surface area (Å²) in [5, 5.41) is 0. The van der Waals surface area contributed by atoms with Gasteiger partial charge < -0.3 is 9.64 Å². The molecule has 2 nitrogen and oxygen atoms in total. The molecule has 0 saturated carbocycles. The third-order valence-electron chi connectivity index (χ3n) is 4.37. The third kappa shape index (κ3) is 4.49. The summed E-state index contributed by atoms with van der Waals surface area (Å²) < 4.78 is 62.6. The van der Waals surface area contributed by atoms with Crippen LogP contribution in [0.1, 0.15) is 18.1 Å². The number of halogens is 5. The Hall–Kier alpha value is -2.29. The molecule has 0 amide bonds. The van der Waals surface area contributed by atoms with Gasteiger partial charge in [-0.25, -0.2) is 17.6 Å². The average molecular weight is 515 g/mol. The number of rotatable bonds is 6. The van der Waals surface area contributed by atoms with E-state index in [-0.39, 0.29) is 23.8 Å². The van der Waals surface area contributed by atoms with Crippen LogP contribution in [0.2, 0.25) is 0 Å². The van der Waals surface area contributed by atoms with Crippen LogP contribution in [0, 0.1) is 11.6 Å². The van der Waals surface area contributed by atoms with Crippen molar-refractivity contribution in [2.45, 2.75) is 13.3 Å². The summed E-state index contributed by atoms with van der Waals surface area (Å²) in [6.07, 6.45) is -1.03. The summed E-state index contributed by atoms with van der Waals surface area (Å²) in [5.41, 5.74) is 0.962. The van der Waals surface area contributed by atoms with Crippen LogP contribution in [0.5, 0.6) is 5.75 Å². The van der Waals surface area contributed by atoms with E-state index in [9.17, 15) is 8.78 Å². The first-order chi connectivity index (χ1) is 13.8. The molecule has 0 radical (unpaired) electrons. The SMILES string of the molecule is C=C1C(I)=CC(c2ccccc2)=C(c2c(F)cc(OCC)cc2F)N1CC(F)F. The van der Waals surface area contributed by atoms with E-state index in [1.165, 1.54) is 4.90 Å². The van der Waals surface area contributed by atoms with Crippen molar-refractivity contribution in [1.82, 2.24) is 4.90 Å². The van der Waals surface area contributed by atoms with Crippen LogP contribution in [0.15, 0.2) is 64.4 Å². The molecule has 152 valence electrons. The second-order valence-electron chi connectivity index (χ2n) is 6.26. The van der Waals surface area contributed by atoms with Gasteiger partial charge in [0.05, 0.1) is 24.4 Å². The Balaban J connectivity index is 2.32. The molecule has 7 heteroatoms. The van der Waals surface area contributed by atoms with Crippen molar-refractivity contribution in [3.05, 3.63) is 87.2 Å². The zero-order valence-corrected chi connectivity index (χ0v) is 17.7. The average Bonchev–Trinajstić information content (AvgIpc) is 2.67. The lowest BCUT2D eigenvalue weighted by atomic mass is 9.94. The molecule has 29 heavy (non-hydrogen) atoms. The minimum absolute atomic E-state index is 0.0139. The molecule has 0 N–H and O–H groups in total. The van der Waals surface area contributed by atoms with Gasteiger partial charge in [-0.05, 0) is 41.2 Å². The Morgan fingerprint density at radius 1 is 1.10 bits per heavy atom. The molecule has 3 rings (SSSR count). The minimum Gasteiger partial charge on any atom is -0.494 e. The number of allylic oxidation sites excluding steroid dienone is 3. The van der Waals surface area contributed by atoms with E-state index in [4.69, 9.17) is 4.74 Å². The number of ether oxygens (including phenoxy) is 1. The van der Waals surface area contributed by atoms with Gasteiger partial charge in [0.1, 0.15) is 17.4 Å². The number of hydrogen-bond donors (Lipinski definition) is 0. The molecule has 1 aliphatic heterocycles. The van der Waals surface area contributed by atoms with Gasteiger partial charge >= 0.3 is 0 Å². The third-order valence-corrected chi connectivity index (χ3v) is 5.30. The van der Waals surface area contributed by atoms with E-state index in [1.54, 1.807) is 43.3 Å². The number of alkyl halides is 2. The van der Waals surface area contributed by atoms with Gasteiger partial charge in [-0.2, -0.15) is 0 Å². The van der Waals surface area contributed by atoms with Gasteiger partial charge in [0.25, 0.3) is 6.43 Å². The molecule has 0 aliphatic carbocycles. The summed E-state index contributed by atoms with van der Waals surface area (Å²) in [6.45, 7) is 5.05. The lowest BCUT2D eigenvalue weighted by Crippen LogP contribution is -2.30. The molecule has 0 bridgehead atoms. The first-order valence-electron chi connectivity index (χ1n) is 8.87. The lowest BCUT2D eigenvalue weighted by Gasteiger charge is -2.34. The van der Waals surface area contributed by atoms with Crippen LogP contribution in [0.4, 0.5) is 17.6 Å². The molecular formula is C22H18F4INO. The predicted molar refractivity (Wildman–Crippen MR) is 115 cm³/mol. The van der Waals surface area contributed by atoms with Crippen molar-refractivity contribution in [2.75, 3.05) is 13.2 Å². The highest BCUT2D eigenvalue weighted by molar-refractivity contribution is 14.1. The number of nitrogens with zero attached hydrogens (tertiary/aromatic N) is 1. The fourth-order valence-corrected chi connectivity index (χ4v) is 3.76. The molecular weight excluding hydrogens is 497 g/mol. The Kier molecular flexibility index (Phi) is 6.66. The zero-order valence-electron chi connectivity index (χ0n) is 15.6. The highest BCUT2D eigenvalue weighted by Crippen LogP contribution is 2.43. The highest BCUT2D eigenvalue weighted by Gasteiger charge is 2.31. The minimum atomic E-state index is -2.73. The summed E-state index contributed by atoms with van der Waals surface area (Å²) in [6, 6.07) is 11.0. The zero-order chi connectivity index (χ0) is 21.1. The van der Waals surface area contributed by atoms with Crippen molar-refractivity contribution >= 4 is 33.9 Å². The van der Waals surface area contributed by atoms with Gasteiger partial charge in [0.2, 0.25) is 0 Å². The van der Waals surface area contributed by atoms with Crippen molar-refractivity contribution in [3.8, 4) is 5.75 Å². The summed E-state index contributed by atoms with van der Waals surface area (Å²) >= 11 is 1.98. The van der Waals surface area contributed by atoms with Gasteiger partial charge in [-0.15, -0.1) is 0 Å². The Labute approximate surface area is 180 Å². The van der Waals surface area contributed by atoms with Crippen molar-refractivity contribution < 1.29 is 22.3 Å². The van der Waals surface area contributed by atoms with E-state index in [1.807, 2.05) is 22.6 Å². The second kappa shape index (κ2) is 9.02. The quantitative estimate of drug-likeness (QED) is 0.316. The standard InChI is InChI=1S/C22H18F4INO/c1-3-29-15-9-17(23)21(18(24)10-15)22-16(14-7-5-4-6-8-14)11-19(27)13(2)28(22)12-20(25)26/h4-11,20H,2-3,12H2,1H3. The normalized spacial score (nSPS) is 14.5. The van der Waals surface area contributed by atoms with Gasteiger partial charge in [0, 0.05) is 27.0 Å². The predicted octanol–water partition coefficient (Wildman–Crippen LogP) is 6.65. The van der Waals surface area contributed by atoms with Crippen LogP contribution >= 0.6 is 22.6 Å². The second-order valence-corrected chi connectivity index (χ2v) is 7.43. The monoisotopic (exact) mass is 515 g/mol. The summed E-state index contributed by atoms with van der Waals surface area (Å²) in [4.78, 5) is 1.18. The highest BCUT2D eigenvalue weighted by atomic mass is 127. The van der Waals surface area contributed by atoms with E-state index >= 15 is 8.78 Å². The van der Waals surface area contributed by atoms with Crippen molar-refractivity contribution in [1.29, 1.82) is 0 Å². The molecule has 0 aromatic heterocycles. The molecule has 0 saturated heterocycles. The van der Waals surface area contributed by atoms with E-state index < -0.39 is 30.2 Å². The molecule has 0 fully saturated rings. The van der Waals surface area contributed by atoms with Gasteiger partial charge in [-0.1, -0.05) is 36.9 Å². The molecule has 1 heterocycles. The first kappa shape index (κ1) is 21.4. The Morgan fingerprint density at radius 2 is 1.72 bits per heavy atom. The largest absolute Gasteiger partial charge is 0.494 e. The van der Waals surface area contributed by atoms with Crippen LogP contribution < -0.4 is 4.74 Å². The van der Waals surface area contributed by atoms with Crippen molar-refractivity contribution in [3.63, 3.8) is 0 Å². The molecule has 1 aliphatic rings. The lowest BCUT2D eigenvalue weighted by molar-refractivity contribution is 0.123. The van der Waals surface area contributed by atoms with Crippen LogP contribution in [-0.4, -0.2) is 24.5 Å². The molecule has 0 unspecified atom stereocenters. The maximum absolute atomic E-state index is 15.0. The fourth-order valence-electron chi connectivity index (χ4n) is 3.16. The van der Waals surface area contributed by atoms with Gasteiger partial charge in [-0.3, -0.25) is 0 Å². The van der Waals surface area contributed by atoms with Crippen molar-refractivity contribution in [2.24, 2.45) is 0 Å².